The van der Waals surface area contributed by atoms with Crippen molar-refractivity contribution in [1.29, 1.82) is 0 Å². The van der Waals surface area contributed by atoms with Gasteiger partial charge in [0.25, 0.3) is 0 Å². The van der Waals surface area contributed by atoms with E-state index in [2.05, 4.69) is 5.32 Å². The van der Waals surface area contributed by atoms with Crippen LogP contribution in [0.4, 0.5) is 8.78 Å². The highest BCUT2D eigenvalue weighted by Gasteiger charge is 2.25. The highest BCUT2D eigenvalue weighted by atomic mass is 19.1. The molecule has 1 unspecified atom stereocenters. The van der Waals surface area contributed by atoms with Crippen molar-refractivity contribution < 1.29 is 13.6 Å². The van der Waals surface area contributed by atoms with Crippen LogP contribution in [0.25, 0.3) is 0 Å². The summed E-state index contributed by atoms with van der Waals surface area (Å²) in [6, 6.07) is 3.09. The van der Waals surface area contributed by atoms with Crippen LogP contribution in [0.15, 0.2) is 18.2 Å². The zero-order chi connectivity index (χ0) is 13.1. The molecule has 1 aliphatic rings. The Morgan fingerprint density at radius 1 is 1.50 bits per heavy atom. The van der Waals surface area contributed by atoms with Crippen LogP contribution in [0.2, 0.25) is 0 Å². The minimum atomic E-state index is -0.494. The van der Waals surface area contributed by atoms with Gasteiger partial charge >= 0.3 is 0 Å². The molecule has 18 heavy (non-hydrogen) atoms. The van der Waals surface area contributed by atoms with Crippen molar-refractivity contribution in [2.45, 2.75) is 25.4 Å². The third kappa shape index (κ3) is 2.85. The maximum atomic E-state index is 13.5. The summed E-state index contributed by atoms with van der Waals surface area (Å²) >= 11 is 0. The molecule has 0 aromatic heterocycles. The normalized spacial score (nSPS) is 18.9. The summed E-state index contributed by atoms with van der Waals surface area (Å²) in [7, 11) is 1.60. The van der Waals surface area contributed by atoms with Gasteiger partial charge in [0.1, 0.15) is 11.6 Å². The van der Waals surface area contributed by atoms with Gasteiger partial charge in [-0.3, -0.25) is 4.79 Å². The van der Waals surface area contributed by atoms with E-state index in [1.54, 1.807) is 7.05 Å². The van der Waals surface area contributed by atoms with Crippen LogP contribution in [0.3, 0.4) is 0 Å². The third-order valence-corrected chi connectivity index (χ3v) is 3.15. The molecule has 1 atom stereocenters. The molecule has 1 aliphatic heterocycles. The molecular formula is C13H16F2N2O. The number of carbonyl (C=O) groups is 1. The Bertz CT molecular complexity index is 445. The summed E-state index contributed by atoms with van der Waals surface area (Å²) in [5.41, 5.74) is 0.198. The molecule has 0 bridgehead atoms. The highest BCUT2D eigenvalue weighted by Crippen LogP contribution is 2.14. The van der Waals surface area contributed by atoms with Gasteiger partial charge in [-0.15, -0.1) is 0 Å². The Morgan fingerprint density at radius 3 is 2.94 bits per heavy atom. The van der Waals surface area contributed by atoms with E-state index in [0.717, 1.165) is 37.6 Å². The summed E-state index contributed by atoms with van der Waals surface area (Å²) in [5, 5.41) is 3.09. The van der Waals surface area contributed by atoms with Crippen molar-refractivity contribution in [2.75, 3.05) is 13.6 Å². The molecule has 1 heterocycles. The number of nitrogens with zero attached hydrogens (tertiary/aromatic N) is 1. The summed E-state index contributed by atoms with van der Waals surface area (Å²) < 4.78 is 26.5. The van der Waals surface area contributed by atoms with E-state index in [-0.39, 0.29) is 24.1 Å². The van der Waals surface area contributed by atoms with E-state index in [1.165, 1.54) is 4.90 Å². The largest absolute Gasteiger partial charge is 0.340 e. The Hall–Kier alpha value is -1.49. The van der Waals surface area contributed by atoms with E-state index < -0.39 is 11.6 Å². The number of carbonyl (C=O) groups excluding carboxylic acids is 1. The molecule has 0 aliphatic carbocycles. The summed E-state index contributed by atoms with van der Waals surface area (Å²) in [4.78, 5) is 13.4. The van der Waals surface area contributed by atoms with Gasteiger partial charge in [0.05, 0.1) is 6.04 Å². The van der Waals surface area contributed by atoms with Crippen LogP contribution in [-0.2, 0) is 11.3 Å². The molecule has 0 saturated carbocycles. The van der Waals surface area contributed by atoms with E-state index >= 15 is 0 Å². The molecule has 1 aromatic carbocycles. The molecule has 1 saturated heterocycles. The molecule has 0 radical (unpaired) electrons. The van der Waals surface area contributed by atoms with Gasteiger partial charge in [0.15, 0.2) is 0 Å². The van der Waals surface area contributed by atoms with Crippen molar-refractivity contribution in [1.82, 2.24) is 10.2 Å². The van der Waals surface area contributed by atoms with Crippen molar-refractivity contribution >= 4 is 5.91 Å². The summed E-state index contributed by atoms with van der Waals surface area (Å²) in [6.45, 7) is 0.916. The SMILES string of the molecule is CN(Cc1cc(F)ccc1F)C(=O)C1CCCN1. The fraction of sp³-hybridized carbons (Fsp3) is 0.462. The predicted octanol–water partition coefficient (Wildman–Crippen LogP) is 1.68. The van der Waals surface area contributed by atoms with Crippen LogP contribution >= 0.6 is 0 Å². The summed E-state index contributed by atoms with van der Waals surface area (Å²) in [6.07, 6.45) is 1.77. The average molecular weight is 254 g/mol. The fourth-order valence-corrected chi connectivity index (χ4v) is 2.16. The molecule has 2 rings (SSSR count). The molecule has 1 aromatic rings. The van der Waals surface area contributed by atoms with Gasteiger partial charge in [-0.1, -0.05) is 0 Å². The zero-order valence-corrected chi connectivity index (χ0v) is 10.2. The lowest BCUT2D eigenvalue weighted by Gasteiger charge is -2.21. The monoisotopic (exact) mass is 254 g/mol. The maximum Gasteiger partial charge on any atom is 0.239 e. The Kier molecular flexibility index (Phi) is 3.91. The standard InChI is InChI=1S/C13H16F2N2O/c1-17(13(18)12-3-2-6-16-12)8-9-7-10(14)4-5-11(9)15/h4-5,7,12,16H,2-3,6,8H2,1H3. The van der Waals surface area contributed by atoms with Gasteiger partial charge in [-0.25, -0.2) is 8.78 Å². The second kappa shape index (κ2) is 5.44. The average Bonchev–Trinajstić information content (AvgIpc) is 2.86. The quantitative estimate of drug-likeness (QED) is 0.890. The van der Waals surface area contributed by atoms with Crippen molar-refractivity contribution in [3.8, 4) is 0 Å². The molecule has 0 spiro atoms. The number of hydrogen-bond donors (Lipinski definition) is 1. The Labute approximate surface area is 105 Å². The Balaban J connectivity index is 2.03. The smallest absolute Gasteiger partial charge is 0.239 e. The molecule has 3 nitrogen and oxygen atoms in total. The molecule has 1 N–H and O–H groups in total. The number of rotatable bonds is 3. The molecular weight excluding hydrogens is 238 g/mol. The number of hydrogen-bond acceptors (Lipinski definition) is 2. The van der Waals surface area contributed by atoms with Gasteiger partial charge in [0.2, 0.25) is 5.91 Å². The van der Waals surface area contributed by atoms with Crippen molar-refractivity contribution in [3.05, 3.63) is 35.4 Å². The minimum Gasteiger partial charge on any atom is -0.340 e. The molecule has 1 amide bonds. The number of nitrogens with one attached hydrogen (secondary N) is 1. The summed E-state index contributed by atoms with van der Waals surface area (Å²) in [5.74, 6) is -1.06. The third-order valence-electron chi connectivity index (χ3n) is 3.15. The lowest BCUT2D eigenvalue weighted by molar-refractivity contribution is -0.132. The van der Waals surface area contributed by atoms with Gasteiger partial charge in [-0.05, 0) is 37.6 Å². The minimum absolute atomic E-state index is 0.0730. The lowest BCUT2D eigenvalue weighted by atomic mass is 10.1. The van der Waals surface area contributed by atoms with Gasteiger partial charge in [-0.2, -0.15) is 0 Å². The molecule has 1 fully saturated rings. The molecule has 5 heteroatoms. The van der Waals surface area contributed by atoms with Gasteiger partial charge < -0.3 is 10.2 Å². The first kappa shape index (κ1) is 13.0. The molecule has 98 valence electrons. The number of benzene rings is 1. The Morgan fingerprint density at radius 2 is 2.28 bits per heavy atom. The predicted molar refractivity (Wildman–Crippen MR) is 63.9 cm³/mol. The van der Waals surface area contributed by atoms with E-state index in [0.29, 0.717) is 0 Å². The van der Waals surface area contributed by atoms with Crippen LogP contribution in [-0.4, -0.2) is 30.4 Å². The van der Waals surface area contributed by atoms with Crippen LogP contribution < -0.4 is 5.32 Å². The first-order valence-corrected chi connectivity index (χ1v) is 6.00. The first-order valence-electron chi connectivity index (χ1n) is 6.00. The first-order chi connectivity index (χ1) is 8.58. The van der Waals surface area contributed by atoms with Crippen LogP contribution in [0.1, 0.15) is 18.4 Å². The number of amides is 1. The second-order valence-corrected chi connectivity index (χ2v) is 4.58. The van der Waals surface area contributed by atoms with E-state index in [1.807, 2.05) is 0 Å². The van der Waals surface area contributed by atoms with E-state index in [4.69, 9.17) is 0 Å². The topological polar surface area (TPSA) is 32.3 Å². The van der Waals surface area contributed by atoms with Crippen LogP contribution in [0.5, 0.6) is 0 Å². The zero-order valence-electron chi connectivity index (χ0n) is 10.2. The van der Waals surface area contributed by atoms with Crippen molar-refractivity contribution in [3.63, 3.8) is 0 Å². The highest BCUT2D eigenvalue weighted by molar-refractivity contribution is 5.81. The maximum absolute atomic E-state index is 13.5. The second-order valence-electron chi connectivity index (χ2n) is 4.58. The van der Waals surface area contributed by atoms with E-state index in [9.17, 15) is 13.6 Å². The van der Waals surface area contributed by atoms with Crippen LogP contribution in [0, 0.1) is 11.6 Å². The van der Waals surface area contributed by atoms with Crippen molar-refractivity contribution in [2.24, 2.45) is 0 Å². The van der Waals surface area contributed by atoms with Gasteiger partial charge in [0, 0.05) is 19.2 Å². The number of halogens is 2. The number of likely N-dealkylation sites (N-methyl/N-ethyl adjacent to an activating group) is 1. The fourth-order valence-electron chi connectivity index (χ4n) is 2.16. The lowest BCUT2D eigenvalue weighted by Crippen LogP contribution is -2.41.